The van der Waals surface area contributed by atoms with Gasteiger partial charge in [0, 0.05) is 12.8 Å². The predicted molar refractivity (Wildman–Crippen MR) is 64.3 cm³/mol. The Balaban J connectivity index is 2.52. The van der Waals surface area contributed by atoms with Gasteiger partial charge >= 0.3 is 0 Å². The van der Waals surface area contributed by atoms with Gasteiger partial charge in [-0.3, -0.25) is 0 Å². The molecule has 0 aliphatic carbocycles. The summed E-state index contributed by atoms with van der Waals surface area (Å²) >= 11 is 0. The summed E-state index contributed by atoms with van der Waals surface area (Å²) < 4.78 is 27.6. The Hall–Kier alpha value is -0.950. The molecular weight excluding hydrogens is 242 g/mol. The van der Waals surface area contributed by atoms with Gasteiger partial charge in [-0.1, -0.05) is 12.1 Å². The highest BCUT2D eigenvalue weighted by Gasteiger charge is 2.06. The fourth-order valence-corrected chi connectivity index (χ4v) is 1.84. The molecule has 0 heterocycles. The van der Waals surface area contributed by atoms with E-state index in [9.17, 15) is 8.42 Å². The molecule has 0 saturated heterocycles. The summed E-state index contributed by atoms with van der Waals surface area (Å²) in [4.78, 5) is 0.281. The zero-order valence-electron chi connectivity index (χ0n) is 9.67. The van der Waals surface area contributed by atoms with E-state index in [1.807, 2.05) is 0 Å². The van der Waals surface area contributed by atoms with Gasteiger partial charge in [-0.2, -0.15) is 0 Å². The lowest BCUT2D eigenvalue weighted by Crippen LogP contribution is -2.24. The molecule has 0 aliphatic heterocycles. The number of ether oxygens (including phenoxy) is 1. The number of benzene rings is 1. The first-order valence-electron chi connectivity index (χ1n) is 5.18. The van der Waals surface area contributed by atoms with E-state index in [4.69, 9.17) is 15.6 Å². The number of rotatable bonds is 6. The van der Waals surface area contributed by atoms with E-state index < -0.39 is 15.9 Å². The topological polar surface area (TPSA) is 89.6 Å². The highest BCUT2D eigenvalue weighted by Crippen LogP contribution is 2.11. The lowest BCUT2D eigenvalue weighted by molar-refractivity contribution is 0.0329. The summed E-state index contributed by atoms with van der Waals surface area (Å²) in [5, 5.41) is 9.16. The van der Waals surface area contributed by atoms with Crippen molar-refractivity contribution in [2.75, 3.05) is 19.4 Å². The van der Waals surface area contributed by atoms with E-state index >= 15 is 0 Å². The van der Waals surface area contributed by atoms with Crippen molar-refractivity contribution in [1.82, 2.24) is 0 Å². The Morgan fingerprint density at radius 3 is 2.41 bits per heavy atom. The highest BCUT2D eigenvalue weighted by atomic mass is 32.2. The molecule has 3 N–H and O–H groups in total. The van der Waals surface area contributed by atoms with Crippen LogP contribution >= 0.6 is 0 Å². The van der Waals surface area contributed by atoms with Crippen LogP contribution in [0.2, 0.25) is 0 Å². The van der Waals surface area contributed by atoms with E-state index in [2.05, 4.69) is 0 Å². The fourth-order valence-electron chi connectivity index (χ4n) is 1.21. The van der Waals surface area contributed by atoms with Gasteiger partial charge in [0.15, 0.2) is 9.84 Å². The molecule has 0 saturated carbocycles. The molecule has 1 atom stereocenters. The van der Waals surface area contributed by atoms with Crippen molar-refractivity contribution < 1.29 is 18.3 Å². The van der Waals surface area contributed by atoms with Gasteiger partial charge in [-0.25, -0.2) is 8.42 Å². The van der Waals surface area contributed by atoms with Crippen molar-refractivity contribution in [2.45, 2.75) is 17.6 Å². The molecule has 17 heavy (non-hydrogen) atoms. The second-order valence-electron chi connectivity index (χ2n) is 3.82. The van der Waals surface area contributed by atoms with E-state index in [1.165, 1.54) is 12.1 Å². The van der Waals surface area contributed by atoms with Crippen molar-refractivity contribution >= 4 is 9.84 Å². The third-order valence-corrected chi connectivity index (χ3v) is 3.33. The molecule has 1 aromatic rings. The first kappa shape index (κ1) is 14.1. The minimum Gasteiger partial charge on any atom is -0.389 e. The van der Waals surface area contributed by atoms with Gasteiger partial charge in [0.25, 0.3) is 0 Å². The van der Waals surface area contributed by atoms with Crippen molar-refractivity contribution in [3.05, 3.63) is 29.8 Å². The summed E-state index contributed by atoms with van der Waals surface area (Å²) in [5.74, 6) is 0. The summed E-state index contributed by atoms with van der Waals surface area (Å²) in [7, 11) is -3.15. The van der Waals surface area contributed by atoms with E-state index in [-0.39, 0.29) is 18.0 Å². The molecule has 0 radical (unpaired) electrons. The number of nitrogens with two attached hydrogens (primary N) is 1. The van der Waals surface area contributed by atoms with Crippen LogP contribution in [0.5, 0.6) is 0 Å². The minimum atomic E-state index is -3.15. The van der Waals surface area contributed by atoms with Crippen LogP contribution in [0.3, 0.4) is 0 Å². The van der Waals surface area contributed by atoms with Gasteiger partial charge in [0.05, 0.1) is 24.2 Å². The molecule has 6 heteroatoms. The molecular formula is C11H17NO4S. The third kappa shape index (κ3) is 4.82. The molecule has 0 spiro atoms. The second kappa shape index (κ2) is 6.11. The first-order chi connectivity index (χ1) is 7.93. The number of hydrogen-bond donors (Lipinski definition) is 2. The summed E-state index contributed by atoms with van der Waals surface area (Å²) in [5.41, 5.74) is 6.07. The van der Waals surface area contributed by atoms with Crippen LogP contribution in [-0.2, 0) is 21.2 Å². The lowest BCUT2D eigenvalue weighted by atomic mass is 10.2. The Bertz CT molecular complexity index is 441. The van der Waals surface area contributed by atoms with Gasteiger partial charge in [0.1, 0.15) is 0 Å². The number of aliphatic hydroxyl groups is 1. The molecule has 1 rings (SSSR count). The average molecular weight is 259 g/mol. The smallest absolute Gasteiger partial charge is 0.175 e. The van der Waals surface area contributed by atoms with Crippen LogP contribution in [0.1, 0.15) is 5.56 Å². The van der Waals surface area contributed by atoms with Crippen LogP contribution in [-0.4, -0.2) is 39.0 Å². The molecule has 0 aliphatic rings. The van der Waals surface area contributed by atoms with Gasteiger partial charge in [-0.05, 0) is 17.7 Å². The molecule has 0 unspecified atom stereocenters. The molecule has 0 aromatic heterocycles. The quantitative estimate of drug-likeness (QED) is 0.746. The van der Waals surface area contributed by atoms with E-state index in [0.29, 0.717) is 6.61 Å². The highest BCUT2D eigenvalue weighted by molar-refractivity contribution is 7.90. The maximum Gasteiger partial charge on any atom is 0.175 e. The Labute approximate surface area is 101 Å². The predicted octanol–water partition coefficient (Wildman–Crippen LogP) is -0.0737. The Morgan fingerprint density at radius 1 is 1.35 bits per heavy atom. The number of sulfone groups is 1. The fraction of sp³-hybridized carbons (Fsp3) is 0.455. The second-order valence-corrected chi connectivity index (χ2v) is 5.84. The van der Waals surface area contributed by atoms with Crippen LogP contribution in [0.15, 0.2) is 29.2 Å². The van der Waals surface area contributed by atoms with Crippen LogP contribution in [0.4, 0.5) is 0 Å². The number of aliphatic hydroxyl groups excluding tert-OH is 1. The van der Waals surface area contributed by atoms with Crippen LogP contribution in [0.25, 0.3) is 0 Å². The van der Waals surface area contributed by atoms with Crippen LogP contribution in [0, 0.1) is 0 Å². The average Bonchev–Trinajstić information content (AvgIpc) is 2.28. The zero-order valence-corrected chi connectivity index (χ0v) is 10.5. The molecule has 0 amide bonds. The summed E-state index contributed by atoms with van der Waals surface area (Å²) in [6.45, 7) is 0.651. The van der Waals surface area contributed by atoms with Gasteiger partial charge in [0.2, 0.25) is 0 Å². The maximum absolute atomic E-state index is 11.2. The largest absolute Gasteiger partial charge is 0.389 e. The molecule has 0 bridgehead atoms. The van der Waals surface area contributed by atoms with Crippen molar-refractivity contribution in [1.29, 1.82) is 0 Å². The van der Waals surface area contributed by atoms with Crippen LogP contribution < -0.4 is 5.73 Å². The zero-order chi connectivity index (χ0) is 12.9. The van der Waals surface area contributed by atoms with Gasteiger partial charge in [-0.15, -0.1) is 0 Å². The Kier molecular flexibility index (Phi) is 5.07. The maximum atomic E-state index is 11.2. The SMILES string of the molecule is CS(=O)(=O)c1ccc(COC[C@@H](O)CN)cc1. The summed E-state index contributed by atoms with van der Waals surface area (Å²) in [6.07, 6.45) is 0.501. The normalized spacial score (nSPS) is 13.6. The first-order valence-corrected chi connectivity index (χ1v) is 7.07. The Morgan fingerprint density at radius 2 is 1.94 bits per heavy atom. The van der Waals surface area contributed by atoms with Crippen molar-refractivity contribution in [3.63, 3.8) is 0 Å². The molecule has 0 fully saturated rings. The van der Waals surface area contributed by atoms with E-state index in [0.717, 1.165) is 11.8 Å². The molecule has 5 nitrogen and oxygen atoms in total. The monoisotopic (exact) mass is 259 g/mol. The van der Waals surface area contributed by atoms with Crippen molar-refractivity contribution in [2.24, 2.45) is 5.73 Å². The summed E-state index contributed by atoms with van der Waals surface area (Å²) in [6, 6.07) is 6.44. The molecule has 96 valence electrons. The standard InChI is InChI=1S/C11H17NO4S/c1-17(14,15)11-4-2-9(3-5-11)7-16-8-10(13)6-12/h2-5,10,13H,6-8,12H2,1H3/t10-/m0/s1. The lowest BCUT2D eigenvalue weighted by Gasteiger charge is -2.08. The minimum absolute atomic E-state index is 0.160. The third-order valence-electron chi connectivity index (χ3n) is 2.20. The number of hydrogen-bond acceptors (Lipinski definition) is 5. The van der Waals surface area contributed by atoms with E-state index in [1.54, 1.807) is 12.1 Å². The van der Waals surface area contributed by atoms with Gasteiger partial charge < -0.3 is 15.6 Å². The van der Waals surface area contributed by atoms with Crippen molar-refractivity contribution in [3.8, 4) is 0 Å². The molecule has 1 aromatic carbocycles.